The van der Waals surface area contributed by atoms with E-state index in [0.717, 1.165) is 22.6 Å². The normalized spacial score (nSPS) is 10.8. The second-order valence-corrected chi connectivity index (χ2v) is 6.74. The fraction of sp³-hybridized carbons (Fsp3) is 0.182. The fourth-order valence-corrected chi connectivity index (χ4v) is 3.28. The predicted octanol–water partition coefficient (Wildman–Crippen LogP) is 3.68. The standard InChI is InChI=1S/C22H21N5O3/c1-13-19(15-5-9-17(29-3)10-6-15)21-25-24-20(14(2)27(21)26-13)22(28)23-16-7-11-18(30-4)12-8-16/h5-12H,1-4H3,(H,23,28). The Morgan fingerprint density at radius 2 is 1.50 bits per heavy atom. The molecular weight excluding hydrogens is 382 g/mol. The van der Waals surface area contributed by atoms with Gasteiger partial charge in [-0.2, -0.15) is 5.10 Å². The van der Waals surface area contributed by atoms with Crippen molar-refractivity contribution in [2.24, 2.45) is 0 Å². The highest BCUT2D eigenvalue weighted by atomic mass is 16.5. The van der Waals surface area contributed by atoms with E-state index in [-0.39, 0.29) is 11.6 Å². The highest BCUT2D eigenvalue weighted by molar-refractivity contribution is 6.03. The molecule has 0 saturated carbocycles. The average molecular weight is 403 g/mol. The van der Waals surface area contributed by atoms with E-state index in [1.807, 2.05) is 31.2 Å². The van der Waals surface area contributed by atoms with E-state index in [0.29, 0.717) is 22.8 Å². The van der Waals surface area contributed by atoms with E-state index in [1.54, 1.807) is 49.9 Å². The number of rotatable bonds is 5. The lowest BCUT2D eigenvalue weighted by Crippen LogP contribution is -2.18. The Labute approximate surface area is 173 Å². The molecule has 0 aliphatic rings. The van der Waals surface area contributed by atoms with Gasteiger partial charge in [0.1, 0.15) is 11.5 Å². The maximum atomic E-state index is 12.8. The number of hydrogen-bond donors (Lipinski definition) is 1. The lowest BCUT2D eigenvalue weighted by Gasteiger charge is -2.08. The minimum atomic E-state index is -0.355. The molecule has 4 rings (SSSR count). The van der Waals surface area contributed by atoms with Gasteiger partial charge in [0, 0.05) is 5.69 Å². The van der Waals surface area contributed by atoms with Crippen molar-refractivity contribution >= 4 is 17.2 Å². The van der Waals surface area contributed by atoms with Crippen LogP contribution < -0.4 is 14.8 Å². The summed E-state index contributed by atoms with van der Waals surface area (Å²) in [5.74, 6) is 1.13. The summed E-state index contributed by atoms with van der Waals surface area (Å²) in [5.41, 5.74) is 4.66. The average Bonchev–Trinajstić information content (AvgIpc) is 3.11. The van der Waals surface area contributed by atoms with Crippen LogP contribution in [0.15, 0.2) is 48.5 Å². The van der Waals surface area contributed by atoms with Crippen LogP contribution in [0.3, 0.4) is 0 Å². The third-order valence-electron chi connectivity index (χ3n) is 4.88. The molecule has 0 aliphatic carbocycles. The van der Waals surface area contributed by atoms with Gasteiger partial charge in [0.2, 0.25) is 0 Å². The molecule has 2 aromatic heterocycles. The molecule has 0 saturated heterocycles. The van der Waals surface area contributed by atoms with Gasteiger partial charge in [0.05, 0.1) is 31.2 Å². The van der Waals surface area contributed by atoms with E-state index >= 15 is 0 Å². The number of amides is 1. The van der Waals surface area contributed by atoms with Crippen molar-refractivity contribution in [2.75, 3.05) is 19.5 Å². The quantitative estimate of drug-likeness (QED) is 0.547. The molecule has 0 bridgehead atoms. The van der Waals surface area contributed by atoms with Crippen LogP contribution in [0.4, 0.5) is 5.69 Å². The monoisotopic (exact) mass is 403 g/mol. The summed E-state index contributed by atoms with van der Waals surface area (Å²) in [7, 11) is 3.22. The molecule has 0 radical (unpaired) electrons. The van der Waals surface area contributed by atoms with Crippen molar-refractivity contribution in [2.45, 2.75) is 13.8 Å². The van der Waals surface area contributed by atoms with Gasteiger partial charge in [-0.05, 0) is 55.8 Å². The molecule has 4 aromatic rings. The highest BCUT2D eigenvalue weighted by Crippen LogP contribution is 2.29. The zero-order valence-corrected chi connectivity index (χ0v) is 17.1. The van der Waals surface area contributed by atoms with Crippen LogP contribution in [0.2, 0.25) is 0 Å². The number of aromatic nitrogens is 4. The largest absolute Gasteiger partial charge is 0.497 e. The number of carbonyl (C=O) groups excluding carboxylic acids is 1. The number of hydrogen-bond acceptors (Lipinski definition) is 6. The molecule has 30 heavy (non-hydrogen) atoms. The SMILES string of the molecule is COc1ccc(NC(=O)c2nnc3c(-c4ccc(OC)cc4)c(C)nn3c2C)cc1. The first-order valence-corrected chi connectivity index (χ1v) is 9.34. The minimum absolute atomic E-state index is 0.210. The first-order valence-electron chi connectivity index (χ1n) is 9.34. The van der Waals surface area contributed by atoms with Gasteiger partial charge < -0.3 is 14.8 Å². The van der Waals surface area contributed by atoms with Gasteiger partial charge in [0.25, 0.3) is 5.91 Å². The Bertz CT molecular complexity index is 1210. The summed E-state index contributed by atoms with van der Waals surface area (Å²) in [5, 5.41) is 15.9. The van der Waals surface area contributed by atoms with Crippen molar-refractivity contribution in [1.29, 1.82) is 0 Å². The van der Waals surface area contributed by atoms with Crippen molar-refractivity contribution in [1.82, 2.24) is 19.8 Å². The summed E-state index contributed by atoms with van der Waals surface area (Å²) in [6.45, 7) is 3.71. The number of fused-ring (bicyclic) bond motifs is 1. The van der Waals surface area contributed by atoms with E-state index < -0.39 is 0 Å². The number of aryl methyl sites for hydroxylation is 2. The number of ether oxygens (including phenoxy) is 2. The van der Waals surface area contributed by atoms with Crippen LogP contribution >= 0.6 is 0 Å². The molecule has 0 unspecified atom stereocenters. The molecule has 8 nitrogen and oxygen atoms in total. The number of nitrogens with zero attached hydrogens (tertiary/aromatic N) is 4. The fourth-order valence-electron chi connectivity index (χ4n) is 3.28. The van der Waals surface area contributed by atoms with Crippen LogP contribution in [-0.2, 0) is 0 Å². The summed E-state index contributed by atoms with van der Waals surface area (Å²) >= 11 is 0. The van der Waals surface area contributed by atoms with E-state index in [9.17, 15) is 4.79 Å². The smallest absolute Gasteiger partial charge is 0.278 e. The van der Waals surface area contributed by atoms with Crippen LogP contribution in [0.5, 0.6) is 11.5 Å². The highest BCUT2D eigenvalue weighted by Gasteiger charge is 2.20. The summed E-state index contributed by atoms with van der Waals surface area (Å²) in [6.07, 6.45) is 0. The summed E-state index contributed by atoms with van der Waals surface area (Å²) in [6, 6.07) is 14.7. The lowest BCUT2D eigenvalue weighted by molar-refractivity contribution is 0.102. The van der Waals surface area contributed by atoms with Crippen LogP contribution in [0.1, 0.15) is 21.9 Å². The maximum absolute atomic E-state index is 12.8. The lowest BCUT2D eigenvalue weighted by atomic mass is 10.1. The topological polar surface area (TPSA) is 90.6 Å². The molecule has 0 fully saturated rings. The molecule has 0 atom stereocenters. The Kier molecular flexibility index (Phi) is 5.05. The molecular formula is C22H21N5O3. The first-order chi connectivity index (χ1) is 14.5. The zero-order chi connectivity index (χ0) is 21.3. The molecule has 2 aromatic carbocycles. The molecule has 8 heteroatoms. The maximum Gasteiger partial charge on any atom is 0.278 e. The van der Waals surface area contributed by atoms with Crippen LogP contribution in [0.25, 0.3) is 16.8 Å². The van der Waals surface area contributed by atoms with Gasteiger partial charge in [-0.3, -0.25) is 4.79 Å². The first kappa shape index (κ1) is 19.4. The second-order valence-electron chi connectivity index (χ2n) is 6.74. The second kappa shape index (κ2) is 7.82. The molecule has 0 spiro atoms. The van der Waals surface area contributed by atoms with Crippen molar-refractivity contribution in [3.8, 4) is 22.6 Å². The Morgan fingerprint density at radius 3 is 2.10 bits per heavy atom. The predicted molar refractivity (Wildman–Crippen MR) is 113 cm³/mol. The Balaban J connectivity index is 1.69. The molecule has 1 N–H and O–H groups in total. The molecule has 1 amide bonds. The van der Waals surface area contributed by atoms with Crippen molar-refractivity contribution in [3.05, 3.63) is 65.6 Å². The number of anilines is 1. The van der Waals surface area contributed by atoms with Gasteiger partial charge in [-0.1, -0.05) is 12.1 Å². The molecule has 152 valence electrons. The number of benzene rings is 2. The van der Waals surface area contributed by atoms with Crippen LogP contribution in [-0.4, -0.2) is 39.9 Å². The Hall–Kier alpha value is -3.94. The van der Waals surface area contributed by atoms with Gasteiger partial charge in [-0.25, -0.2) is 4.52 Å². The van der Waals surface area contributed by atoms with Crippen LogP contribution in [0, 0.1) is 13.8 Å². The van der Waals surface area contributed by atoms with E-state index in [1.165, 1.54) is 0 Å². The number of methoxy groups -OCH3 is 2. The van der Waals surface area contributed by atoms with Crippen molar-refractivity contribution in [3.63, 3.8) is 0 Å². The molecule has 2 heterocycles. The summed E-state index contributed by atoms with van der Waals surface area (Å²) in [4.78, 5) is 12.8. The number of nitrogens with one attached hydrogen (secondary N) is 1. The van der Waals surface area contributed by atoms with Gasteiger partial charge in [-0.15, -0.1) is 10.2 Å². The van der Waals surface area contributed by atoms with Gasteiger partial charge in [0.15, 0.2) is 11.3 Å². The minimum Gasteiger partial charge on any atom is -0.497 e. The third kappa shape index (κ3) is 3.43. The van der Waals surface area contributed by atoms with E-state index in [2.05, 4.69) is 20.6 Å². The van der Waals surface area contributed by atoms with E-state index in [4.69, 9.17) is 9.47 Å². The third-order valence-corrected chi connectivity index (χ3v) is 4.88. The van der Waals surface area contributed by atoms with Crippen molar-refractivity contribution < 1.29 is 14.3 Å². The zero-order valence-electron chi connectivity index (χ0n) is 17.1. The molecule has 0 aliphatic heterocycles. The Morgan fingerprint density at radius 1 is 0.900 bits per heavy atom. The number of carbonyl (C=O) groups is 1. The summed E-state index contributed by atoms with van der Waals surface area (Å²) < 4.78 is 12.0. The van der Waals surface area contributed by atoms with Gasteiger partial charge >= 0.3 is 0 Å².